The Hall–Kier alpha value is -2.94. The molecule has 0 N–H and O–H groups in total. The molecule has 1 fully saturated rings. The van der Waals surface area contributed by atoms with Gasteiger partial charge in [-0.15, -0.1) is 0 Å². The normalized spacial score (nSPS) is 17.0. The molecule has 0 aliphatic carbocycles. The number of benzene rings is 1. The third kappa shape index (κ3) is 3.67. The van der Waals surface area contributed by atoms with E-state index in [1.54, 1.807) is 13.8 Å². The van der Waals surface area contributed by atoms with Crippen molar-refractivity contribution in [2.45, 2.75) is 45.3 Å². The topological polar surface area (TPSA) is 79.1 Å². The summed E-state index contributed by atoms with van der Waals surface area (Å²) < 4.78 is 5.83. The summed E-state index contributed by atoms with van der Waals surface area (Å²) in [5.74, 6) is 0.138. The van der Waals surface area contributed by atoms with Crippen molar-refractivity contribution in [2.75, 3.05) is 6.54 Å². The van der Waals surface area contributed by atoms with E-state index in [4.69, 9.17) is 10.00 Å². The van der Waals surface area contributed by atoms with Gasteiger partial charge in [-0.25, -0.2) is 9.97 Å². The van der Waals surface area contributed by atoms with Gasteiger partial charge in [0.1, 0.15) is 18.1 Å². The standard InChI is InChI=1S/C20H22N4O2/c1-14-6-8-15(9-7-14)17-5-4-10-24(17)19(25)20(2,3)26-18-11-16(12-21)22-13-23-18/h6-9,11,13,17H,4-5,10H2,1-3H3. The van der Waals surface area contributed by atoms with Gasteiger partial charge >= 0.3 is 0 Å². The van der Waals surface area contributed by atoms with Crippen LogP contribution in [0.1, 0.15) is 49.6 Å². The van der Waals surface area contributed by atoms with E-state index in [0.29, 0.717) is 6.54 Å². The molecule has 134 valence electrons. The van der Waals surface area contributed by atoms with Crippen LogP contribution in [0, 0.1) is 18.3 Å². The lowest BCUT2D eigenvalue weighted by Gasteiger charge is -2.33. The van der Waals surface area contributed by atoms with Crippen LogP contribution in [-0.4, -0.2) is 32.9 Å². The van der Waals surface area contributed by atoms with E-state index in [2.05, 4.69) is 41.2 Å². The highest BCUT2D eigenvalue weighted by Crippen LogP contribution is 2.34. The molecule has 6 heteroatoms. The number of carbonyl (C=O) groups is 1. The number of likely N-dealkylation sites (tertiary alicyclic amines) is 1. The lowest BCUT2D eigenvalue weighted by atomic mass is 10.0. The summed E-state index contributed by atoms with van der Waals surface area (Å²) in [4.78, 5) is 22.9. The fourth-order valence-electron chi connectivity index (χ4n) is 3.25. The molecule has 3 rings (SSSR count). The molecule has 1 atom stereocenters. The molecule has 0 saturated carbocycles. The molecule has 1 aliphatic heterocycles. The highest BCUT2D eigenvalue weighted by atomic mass is 16.5. The van der Waals surface area contributed by atoms with Gasteiger partial charge in [0.25, 0.3) is 5.91 Å². The van der Waals surface area contributed by atoms with Gasteiger partial charge < -0.3 is 9.64 Å². The Morgan fingerprint density at radius 3 is 2.73 bits per heavy atom. The Labute approximate surface area is 153 Å². The third-order valence-corrected chi connectivity index (χ3v) is 4.61. The maximum Gasteiger partial charge on any atom is 0.266 e. The summed E-state index contributed by atoms with van der Waals surface area (Å²) in [6.07, 6.45) is 3.17. The Balaban J connectivity index is 1.79. The summed E-state index contributed by atoms with van der Waals surface area (Å²) in [6.45, 7) is 6.22. The van der Waals surface area contributed by atoms with E-state index >= 15 is 0 Å². The Bertz CT molecular complexity index is 840. The summed E-state index contributed by atoms with van der Waals surface area (Å²) in [5.41, 5.74) is 1.46. The van der Waals surface area contributed by atoms with Gasteiger partial charge in [-0.05, 0) is 39.2 Å². The van der Waals surface area contributed by atoms with Gasteiger partial charge in [-0.3, -0.25) is 4.79 Å². The first-order valence-corrected chi connectivity index (χ1v) is 8.69. The van der Waals surface area contributed by atoms with Crippen molar-refractivity contribution in [2.24, 2.45) is 0 Å². The fourth-order valence-corrected chi connectivity index (χ4v) is 3.25. The molecular weight excluding hydrogens is 328 g/mol. The molecule has 0 radical (unpaired) electrons. The van der Waals surface area contributed by atoms with E-state index in [1.807, 2.05) is 11.0 Å². The van der Waals surface area contributed by atoms with Crippen LogP contribution >= 0.6 is 0 Å². The molecule has 1 saturated heterocycles. The second kappa shape index (κ2) is 7.12. The van der Waals surface area contributed by atoms with Crippen molar-refractivity contribution in [3.8, 4) is 11.9 Å². The van der Waals surface area contributed by atoms with E-state index in [1.165, 1.54) is 18.0 Å². The second-order valence-electron chi connectivity index (χ2n) is 7.03. The first-order chi connectivity index (χ1) is 12.4. The zero-order valence-corrected chi connectivity index (χ0v) is 15.3. The third-order valence-electron chi connectivity index (χ3n) is 4.61. The predicted molar refractivity (Wildman–Crippen MR) is 96.3 cm³/mol. The van der Waals surface area contributed by atoms with Crippen LogP contribution in [-0.2, 0) is 4.79 Å². The quantitative estimate of drug-likeness (QED) is 0.846. The summed E-state index contributed by atoms with van der Waals surface area (Å²) >= 11 is 0. The van der Waals surface area contributed by atoms with Gasteiger partial charge in [-0.1, -0.05) is 29.8 Å². The smallest absolute Gasteiger partial charge is 0.266 e. The predicted octanol–water partition coefficient (Wildman–Crippen LogP) is 3.18. The molecule has 6 nitrogen and oxygen atoms in total. The van der Waals surface area contributed by atoms with Crippen LogP contribution in [0.3, 0.4) is 0 Å². The number of hydrogen-bond donors (Lipinski definition) is 0. The molecule has 2 aromatic rings. The minimum absolute atomic E-state index is 0.0612. The van der Waals surface area contributed by atoms with E-state index in [-0.39, 0.29) is 23.5 Å². The van der Waals surface area contributed by atoms with Crippen molar-refractivity contribution in [1.82, 2.24) is 14.9 Å². The van der Waals surface area contributed by atoms with Crippen LogP contribution in [0.5, 0.6) is 5.88 Å². The largest absolute Gasteiger partial charge is 0.461 e. The van der Waals surface area contributed by atoms with Crippen molar-refractivity contribution in [3.05, 3.63) is 53.5 Å². The number of aromatic nitrogens is 2. The van der Waals surface area contributed by atoms with Gasteiger partial charge in [0.2, 0.25) is 5.88 Å². The number of rotatable bonds is 4. The van der Waals surface area contributed by atoms with E-state index in [0.717, 1.165) is 18.4 Å². The SMILES string of the molecule is Cc1ccc(C2CCCN2C(=O)C(C)(C)Oc2cc(C#N)ncn2)cc1. The summed E-state index contributed by atoms with van der Waals surface area (Å²) in [5, 5.41) is 8.95. The average molecular weight is 350 g/mol. The average Bonchev–Trinajstić information content (AvgIpc) is 3.11. The lowest BCUT2D eigenvalue weighted by Crippen LogP contribution is -2.48. The van der Waals surface area contributed by atoms with E-state index < -0.39 is 5.60 Å². The fraction of sp³-hybridized carbons (Fsp3) is 0.400. The van der Waals surface area contributed by atoms with Gasteiger partial charge in [0.05, 0.1) is 6.04 Å². The Morgan fingerprint density at radius 2 is 2.04 bits per heavy atom. The molecule has 1 aliphatic rings. The van der Waals surface area contributed by atoms with E-state index in [9.17, 15) is 4.79 Å². The van der Waals surface area contributed by atoms with Crippen molar-refractivity contribution >= 4 is 5.91 Å². The van der Waals surface area contributed by atoms with Gasteiger partial charge in [0, 0.05) is 12.6 Å². The van der Waals surface area contributed by atoms with Crippen molar-refractivity contribution in [3.63, 3.8) is 0 Å². The molecule has 1 aromatic heterocycles. The Morgan fingerprint density at radius 1 is 1.31 bits per heavy atom. The monoisotopic (exact) mass is 350 g/mol. The van der Waals surface area contributed by atoms with Gasteiger partial charge in [0.15, 0.2) is 5.60 Å². The maximum absolute atomic E-state index is 13.2. The number of carbonyl (C=O) groups excluding carboxylic acids is 1. The van der Waals surface area contributed by atoms with Crippen LogP contribution in [0.25, 0.3) is 0 Å². The van der Waals surface area contributed by atoms with Crippen LogP contribution in [0.15, 0.2) is 36.7 Å². The number of amides is 1. The molecular formula is C20H22N4O2. The number of nitrogens with zero attached hydrogens (tertiary/aromatic N) is 4. The molecule has 1 unspecified atom stereocenters. The van der Waals surface area contributed by atoms with Crippen LogP contribution < -0.4 is 4.74 Å². The van der Waals surface area contributed by atoms with Crippen molar-refractivity contribution < 1.29 is 9.53 Å². The summed E-state index contributed by atoms with van der Waals surface area (Å²) in [7, 11) is 0. The van der Waals surface area contributed by atoms with Gasteiger partial charge in [-0.2, -0.15) is 5.26 Å². The molecule has 0 bridgehead atoms. The highest BCUT2D eigenvalue weighted by molar-refractivity contribution is 5.85. The Kier molecular flexibility index (Phi) is 4.90. The number of aryl methyl sites for hydroxylation is 1. The van der Waals surface area contributed by atoms with Crippen LogP contribution in [0.2, 0.25) is 0 Å². The summed E-state index contributed by atoms with van der Waals surface area (Å²) in [6, 6.07) is 11.8. The van der Waals surface area contributed by atoms with Crippen molar-refractivity contribution in [1.29, 1.82) is 5.26 Å². The highest BCUT2D eigenvalue weighted by Gasteiger charge is 2.40. The second-order valence-corrected chi connectivity index (χ2v) is 7.03. The lowest BCUT2D eigenvalue weighted by molar-refractivity contribution is -0.146. The number of hydrogen-bond acceptors (Lipinski definition) is 5. The molecule has 1 amide bonds. The molecule has 26 heavy (non-hydrogen) atoms. The molecule has 2 heterocycles. The first-order valence-electron chi connectivity index (χ1n) is 8.69. The minimum atomic E-state index is -1.09. The maximum atomic E-state index is 13.2. The molecule has 1 aromatic carbocycles. The number of nitriles is 1. The zero-order valence-electron chi connectivity index (χ0n) is 15.3. The minimum Gasteiger partial charge on any atom is -0.461 e. The first kappa shape index (κ1) is 17.9. The van der Waals surface area contributed by atoms with Crippen LogP contribution in [0.4, 0.5) is 0 Å². The number of ether oxygens (including phenoxy) is 1. The zero-order chi connectivity index (χ0) is 18.7. The molecule has 0 spiro atoms.